The second-order valence-corrected chi connectivity index (χ2v) is 7.63. The standard InChI is InChI=1S/C18H23N3O5S/c1-15-13-17(20-26-15)19-18(22)14-21(10-6-11-25-2)27(23,24)12-9-16-7-4-3-5-8-16/h3-5,7-9,12-13H,6,10-11,14H2,1-2H3,(H,19,20,22). The Labute approximate surface area is 158 Å². The summed E-state index contributed by atoms with van der Waals surface area (Å²) in [7, 11) is -2.26. The van der Waals surface area contributed by atoms with Crippen molar-refractivity contribution < 1.29 is 22.5 Å². The number of ether oxygens (including phenoxy) is 1. The van der Waals surface area contributed by atoms with Crippen molar-refractivity contribution in [1.82, 2.24) is 9.46 Å². The SMILES string of the molecule is COCCCN(CC(=O)Nc1cc(C)on1)S(=O)(=O)C=Cc1ccccc1. The number of nitrogens with zero attached hydrogens (tertiary/aromatic N) is 2. The number of nitrogens with one attached hydrogen (secondary N) is 1. The maximum Gasteiger partial charge on any atom is 0.240 e. The average Bonchev–Trinajstić information content (AvgIpc) is 3.05. The maximum absolute atomic E-state index is 12.7. The van der Waals surface area contributed by atoms with Gasteiger partial charge in [-0.3, -0.25) is 4.79 Å². The molecular weight excluding hydrogens is 370 g/mol. The van der Waals surface area contributed by atoms with Gasteiger partial charge in [0.2, 0.25) is 15.9 Å². The molecule has 9 heteroatoms. The Hall–Kier alpha value is -2.49. The van der Waals surface area contributed by atoms with Crippen molar-refractivity contribution in [3.05, 3.63) is 53.1 Å². The van der Waals surface area contributed by atoms with Gasteiger partial charge in [0, 0.05) is 31.7 Å². The first-order valence-electron chi connectivity index (χ1n) is 8.36. The van der Waals surface area contributed by atoms with Gasteiger partial charge in [0.25, 0.3) is 0 Å². The van der Waals surface area contributed by atoms with E-state index in [9.17, 15) is 13.2 Å². The molecule has 146 valence electrons. The molecule has 1 amide bonds. The lowest BCUT2D eigenvalue weighted by atomic mass is 10.2. The minimum atomic E-state index is -3.79. The van der Waals surface area contributed by atoms with Gasteiger partial charge in [-0.1, -0.05) is 35.5 Å². The van der Waals surface area contributed by atoms with Crippen LogP contribution in [0, 0.1) is 6.92 Å². The highest BCUT2D eigenvalue weighted by Gasteiger charge is 2.22. The molecular formula is C18H23N3O5S. The second kappa shape index (κ2) is 10.0. The number of anilines is 1. The number of rotatable bonds is 10. The molecule has 0 spiro atoms. The number of carbonyl (C=O) groups is 1. The number of benzene rings is 1. The van der Waals surface area contributed by atoms with Crippen LogP contribution >= 0.6 is 0 Å². The van der Waals surface area contributed by atoms with Crippen molar-refractivity contribution in [2.75, 3.05) is 32.1 Å². The normalized spacial score (nSPS) is 12.0. The quantitative estimate of drug-likeness (QED) is 0.621. The Bertz CT molecular complexity index is 862. The summed E-state index contributed by atoms with van der Waals surface area (Å²) in [5.41, 5.74) is 0.750. The Kier molecular flexibility index (Phi) is 7.71. The van der Waals surface area contributed by atoms with Crippen LogP contribution in [0.5, 0.6) is 0 Å². The number of hydrogen-bond donors (Lipinski definition) is 1. The molecule has 1 N–H and O–H groups in total. The summed E-state index contributed by atoms with van der Waals surface area (Å²) in [5.74, 6) is 0.282. The van der Waals surface area contributed by atoms with E-state index in [1.165, 1.54) is 13.2 Å². The minimum Gasteiger partial charge on any atom is -0.385 e. The number of aromatic nitrogens is 1. The molecule has 0 bridgehead atoms. The molecule has 2 aromatic rings. The topological polar surface area (TPSA) is 102 Å². The van der Waals surface area contributed by atoms with Crippen molar-refractivity contribution in [3.8, 4) is 0 Å². The van der Waals surface area contributed by atoms with E-state index in [1.54, 1.807) is 25.1 Å². The molecule has 27 heavy (non-hydrogen) atoms. The Morgan fingerprint density at radius 2 is 2.07 bits per heavy atom. The number of carbonyl (C=O) groups excluding carboxylic acids is 1. The molecule has 2 rings (SSSR count). The van der Waals surface area contributed by atoms with E-state index in [-0.39, 0.29) is 18.9 Å². The van der Waals surface area contributed by atoms with E-state index >= 15 is 0 Å². The van der Waals surface area contributed by atoms with Crippen LogP contribution in [0.2, 0.25) is 0 Å². The third-order valence-corrected chi connectivity index (χ3v) is 5.07. The van der Waals surface area contributed by atoms with E-state index < -0.39 is 15.9 Å². The number of amides is 1. The van der Waals surface area contributed by atoms with Gasteiger partial charge in [-0.2, -0.15) is 4.31 Å². The van der Waals surface area contributed by atoms with Crippen LogP contribution in [0.1, 0.15) is 17.7 Å². The van der Waals surface area contributed by atoms with Gasteiger partial charge in [0.05, 0.1) is 6.54 Å². The van der Waals surface area contributed by atoms with Crippen LogP contribution in [-0.2, 0) is 19.6 Å². The van der Waals surface area contributed by atoms with Gasteiger partial charge < -0.3 is 14.6 Å². The van der Waals surface area contributed by atoms with Crippen molar-refractivity contribution in [2.45, 2.75) is 13.3 Å². The zero-order valence-electron chi connectivity index (χ0n) is 15.3. The van der Waals surface area contributed by atoms with Gasteiger partial charge in [0.1, 0.15) is 5.76 Å². The first-order valence-corrected chi connectivity index (χ1v) is 9.86. The van der Waals surface area contributed by atoms with E-state index in [2.05, 4.69) is 10.5 Å². The van der Waals surface area contributed by atoms with Gasteiger partial charge in [0.15, 0.2) is 5.82 Å². The smallest absolute Gasteiger partial charge is 0.240 e. The van der Waals surface area contributed by atoms with Crippen LogP contribution in [-0.4, -0.2) is 50.6 Å². The highest BCUT2D eigenvalue weighted by molar-refractivity contribution is 7.92. The summed E-state index contributed by atoms with van der Waals surface area (Å²) in [6.07, 6.45) is 1.96. The monoisotopic (exact) mass is 393 g/mol. The lowest BCUT2D eigenvalue weighted by molar-refractivity contribution is -0.116. The molecule has 0 radical (unpaired) electrons. The molecule has 0 aliphatic heterocycles. The van der Waals surface area contributed by atoms with Crippen molar-refractivity contribution >= 4 is 27.8 Å². The summed E-state index contributed by atoms with van der Waals surface area (Å²) < 4.78 is 36.3. The number of aryl methyl sites for hydroxylation is 1. The zero-order valence-corrected chi connectivity index (χ0v) is 16.1. The summed E-state index contributed by atoms with van der Waals surface area (Å²) in [6, 6.07) is 10.6. The summed E-state index contributed by atoms with van der Waals surface area (Å²) in [6.45, 7) is 1.90. The van der Waals surface area contributed by atoms with Crippen LogP contribution in [0.4, 0.5) is 5.82 Å². The summed E-state index contributed by atoms with van der Waals surface area (Å²) in [5, 5.41) is 7.29. The zero-order chi connectivity index (χ0) is 19.7. The van der Waals surface area contributed by atoms with Crippen LogP contribution in [0.15, 0.2) is 46.3 Å². The molecule has 0 aliphatic carbocycles. The van der Waals surface area contributed by atoms with E-state index in [1.807, 2.05) is 18.2 Å². The van der Waals surface area contributed by atoms with E-state index in [0.717, 1.165) is 15.3 Å². The molecule has 0 unspecified atom stereocenters. The summed E-state index contributed by atoms with van der Waals surface area (Å²) in [4.78, 5) is 12.2. The third-order valence-electron chi connectivity index (χ3n) is 3.56. The molecule has 1 aromatic carbocycles. The van der Waals surface area contributed by atoms with Crippen LogP contribution in [0.3, 0.4) is 0 Å². The number of hydrogen-bond acceptors (Lipinski definition) is 6. The minimum absolute atomic E-state index is 0.153. The van der Waals surface area contributed by atoms with Crippen molar-refractivity contribution in [1.29, 1.82) is 0 Å². The van der Waals surface area contributed by atoms with Crippen LogP contribution < -0.4 is 5.32 Å². The third kappa shape index (κ3) is 6.97. The molecule has 0 fully saturated rings. The predicted octanol–water partition coefficient (Wildman–Crippen LogP) is 2.26. The second-order valence-electron chi connectivity index (χ2n) is 5.81. The molecule has 8 nitrogen and oxygen atoms in total. The number of methoxy groups -OCH3 is 1. The molecule has 0 saturated carbocycles. The first kappa shape index (κ1) is 20.8. The largest absolute Gasteiger partial charge is 0.385 e. The first-order chi connectivity index (χ1) is 12.9. The fourth-order valence-electron chi connectivity index (χ4n) is 2.26. The molecule has 0 aliphatic rings. The Morgan fingerprint density at radius 1 is 1.33 bits per heavy atom. The highest BCUT2D eigenvalue weighted by atomic mass is 32.2. The van der Waals surface area contributed by atoms with E-state index in [4.69, 9.17) is 9.26 Å². The van der Waals surface area contributed by atoms with Gasteiger partial charge in [-0.05, 0) is 25.0 Å². The van der Waals surface area contributed by atoms with Gasteiger partial charge in [-0.25, -0.2) is 8.42 Å². The van der Waals surface area contributed by atoms with Crippen molar-refractivity contribution in [2.24, 2.45) is 0 Å². The molecule has 1 heterocycles. The Balaban J connectivity index is 2.09. The predicted molar refractivity (Wildman–Crippen MR) is 102 cm³/mol. The van der Waals surface area contributed by atoms with Gasteiger partial charge >= 0.3 is 0 Å². The average molecular weight is 393 g/mol. The fraction of sp³-hybridized carbons (Fsp3) is 0.333. The number of sulfonamides is 1. The van der Waals surface area contributed by atoms with Gasteiger partial charge in [-0.15, -0.1) is 0 Å². The molecule has 0 saturated heterocycles. The lowest BCUT2D eigenvalue weighted by Crippen LogP contribution is -2.38. The van der Waals surface area contributed by atoms with Crippen LogP contribution in [0.25, 0.3) is 6.08 Å². The van der Waals surface area contributed by atoms with Crippen molar-refractivity contribution in [3.63, 3.8) is 0 Å². The molecule has 1 aromatic heterocycles. The van der Waals surface area contributed by atoms with E-state index in [0.29, 0.717) is 18.8 Å². The summed E-state index contributed by atoms with van der Waals surface area (Å²) >= 11 is 0. The highest BCUT2D eigenvalue weighted by Crippen LogP contribution is 2.11. The lowest BCUT2D eigenvalue weighted by Gasteiger charge is -2.19. The molecule has 0 atom stereocenters. The fourth-order valence-corrected chi connectivity index (χ4v) is 3.45. The maximum atomic E-state index is 12.7. The Morgan fingerprint density at radius 3 is 2.70 bits per heavy atom.